The Kier molecular flexibility index (Phi) is 7.88. The summed E-state index contributed by atoms with van der Waals surface area (Å²) in [5.74, 6) is -1.80. The van der Waals surface area contributed by atoms with E-state index < -0.39 is 74.3 Å². The van der Waals surface area contributed by atoms with Crippen molar-refractivity contribution in [3.8, 4) is 0 Å². The molecule has 0 aromatic heterocycles. The number of aliphatic hydroxyl groups is 8. The van der Waals surface area contributed by atoms with Crippen molar-refractivity contribution < 1.29 is 60.2 Å². The summed E-state index contributed by atoms with van der Waals surface area (Å²) in [5, 5.41) is 84.4. The highest BCUT2D eigenvalue weighted by atomic mass is 16.7. The van der Waals surface area contributed by atoms with Gasteiger partial charge in [0.05, 0.1) is 13.2 Å². The van der Waals surface area contributed by atoms with E-state index in [1.165, 1.54) is 0 Å². The van der Waals surface area contributed by atoms with Gasteiger partial charge in [0.1, 0.15) is 42.7 Å². The molecule has 1 aliphatic rings. The molecule has 0 bridgehead atoms. The van der Waals surface area contributed by atoms with Gasteiger partial charge in [0, 0.05) is 0 Å². The number of carboxylic acid groups (broad SMARTS) is 1. The van der Waals surface area contributed by atoms with Crippen molar-refractivity contribution in [2.75, 3.05) is 13.2 Å². The van der Waals surface area contributed by atoms with E-state index in [0.29, 0.717) is 0 Å². The lowest BCUT2D eigenvalue weighted by Gasteiger charge is -2.41. The maximum absolute atomic E-state index is 11.2. The van der Waals surface area contributed by atoms with Gasteiger partial charge >= 0.3 is 5.97 Å². The number of aliphatic hydroxyl groups excluding tert-OH is 8. The largest absolute Gasteiger partial charge is 0.479 e. The van der Waals surface area contributed by atoms with Crippen molar-refractivity contribution in [3.05, 3.63) is 0 Å². The van der Waals surface area contributed by atoms with E-state index in [-0.39, 0.29) is 0 Å². The highest BCUT2D eigenvalue weighted by molar-refractivity contribution is 5.73. The smallest absolute Gasteiger partial charge is 0.335 e. The van der Waals surface area contributed by atoms with Gasteiger partial charge in [-0.2, -0.15) is 0 Å². The van der Waals surface area contributed by atoms with E-state index in [0.717, 1.165) is 0 Å². The maximum Gasteiger partial charge on any atom is 0.335 e. The normalized spacial score (nSPS) is 35.9. The van der Waals surface area contributed by atoms with Gasteiger partial charge < -0.3 is 55.4 Å². The second-order valence-electron chi connectivity index (χ2n) is 5.32. The van der Waals surface area contributed by atoms with Crippen molar-refractivity contribution in [2.24, 2.45) is 0 Å². The van der Waals surface area contributed by atoms with E-state index in [9.17, 15) is 35.4 Å². The molecule has 9 N–H and O–H groups in total. The Morgan fingerprint density at radius 1 is 1.04 bits per heavy atom. The van der Waals surface area contributed by atoms with Crippen LogP contribution in [-0.2, 0) is 14.3 Å². The highest BCUT2D eigenvalue weighted by Gasteiger charge is 2.48. The van der Waals surface area contributed by atoms with Crippen LogP contribution in [0.25, 0.3) is 0 Å². The Balaban J connectivity index is 2.95. The third-order valence-corrected chi connectivity index (χ3v) is 3.63. The van der Waals surface area contributed by atoms with Crippen molar-refractivity contribution in [2.45, 2.75) is 55.1 Å². The van der Waals surface area contributed by atoms with Crippen molar-refractivity contribution >= 4 is 5.97 Å². The fraction of sp³-hybridized carbons (Fsp3) is 0.917. The van der Waals surface area contributed by atoms with Crippen molar-refractivity contribution in [1.82, 2.24) is 0 Å². The summed E-state index contributed by atoms with van der Waals surface area (Å²) in [6.45, 7) is -1.79. The molecular weight excluding hydrogens is 336 g/mol. The van der Waals surface area contributed by atoms with Crippen molar-refractivity contribution in [3.63, 3.8) is 0 Å². The molecule has 1 rings (SSSR count). The number of ether oxygens (including phenoxy) is 2. The Bertz CT molecular complexity index is 403. The van der Waals surface area contributed by atoms with Crippen LogP contribution < -0.4 is 0 Å². The van der Waals surface area contributed by atoms with E-state index in [4.69, 9.17) is 24.8 Å². The summed E-state index contributed by atoms with van der Waals surface area (Å²) in [6, 6.07) is 0. The first-order valence-corrected chi connectivity index (χ1v) is 6.99. The van der Waals surface area contributed by atoms with Gasteiger partial charge in [-0.05, 0) is 0 Å². The third-order valence-electron chi connectivity index (χ3n) is 3.63. The minimum atomic E-state index is -2.22. The molecule has 1 saturated heterocycles. The van der Waals surface area contributed by atoms with Crippen LogP contribution in [0.2, 0.25) is 0 Å². The van der Waals surface area contributed by atoms with Crippen LogP contribution in [0.4, 0.5) is 0 Å². The molecule has 0 aromatic carbocycles. The van der Waals surface area contributed by atoms with Crippen LogP contribution in [0, 0.1) is 0 Å². The van der Waals surface area contributed by atoms with Gasteiger partial charge in [0.2, 0.25) is 0 Å². The van der Waals surface area contributed by atoms with Gasteiger partial charge in [-0.15, -0.1) is 0 Å². The van der Waals surface area contributed by atoms with E-state index in [2.05, 4.69) is 0 Å². The summed E-state index contributed by atoms with van der Waals surface area (Å²) in [7, 11) is 0. The van der Waals surface area contributed by atoms with Gasteiger partial charge in [-0.3, -0.25) is 0 Å². The van der Waals surface area contributed by atoms with Crippen LogP contribution in [0.1, 0.15) is 0 Å². The summed E-state index contributed by atoms with van der Waals surface area (Å²) in [5.41, 5.74) is 0. The van der Waals surface area contributed by atoms with Gasteiger partial charge in [0.25, 0.3) is 0 Å². The van der Waals surface area contributed by atoms with E-state index in [1.807, 2.05) is 0 Å². The molecule has 1 heterocycles. The average molecular weight is 358 g/mol. The first-order chi connectivity index (χ1) is 11.1. The molecule has 0 radical (unpaired) electrons. The first-order valence-electron chi connectivity index (χ1n) is 6.99. The number of carboxylic acids is 1. The molecule has 0 saturated carbocycles. The highest BCUT2D eigenvalue weighted by Crippen LogP contribution is 2.25. The molecule has 24 heavy (non-hydrogen) atoms. The SMILES string of the molecule is O=C(O)[C@@H](O[C@@H]1[C@@H](O)[C@H](O)[C@@H](O)O[C@H]1CO)[C@H](O)[C@@H](O)[C@H](O)CO. The predicted octanol–water partition coefficient (Wildman–Crippen LogP) is -5.67. The van der Waals surface area contributed by atoms with Crippen LogP contribution in [0.15, 0.2) is 0 Å². The topological polar surface area (TPSA) is 218 Å². The second kappa shape index (κ2) is 8.96. The molecule has 0 aromatic rings. The van der Waals surface area contributed by atoms with Crippen molar-refractivity contribution in [1.29, 1.82) is 0 Å². The summed E-state index contributed by atoms with van der Waals surface area (Å²) < 4.78 is 9.72. The third kappa shape index (κ3) is 4.58. The zero-order valence-electron chi connectivity index (χ0n) is 12.4. The molecule has 0 aliphatic carbocycles. The van der Waals surface area contributed by atoms with Crippen LogP contribution in [0.3, 0.4) is 0 Å². The summed E-state index contributed by atoms with van der Waals surface area (Å²) >= 11 is 0. The molecule has 0 unspecified atom stereocenters. The molecule has 142 valence electrons. The predicted molar refractivity (Wildman–Crippen MR) is 71.4 cm³/mol. The lowest BCUT2D eigenvalue weighted by molar-refractivity contribution is -0.304. The lowest BCUT2D eigenvalue weighted by atomic mass is 9.97. The standard InChI is InChI=1S/C12H22O12/c13-1-3(15)5(16)6(17)10(11(20)21)24-9-4(2-14)23-12(22)8(19)7(9)18/h3-10,12-19,22H,1-2H2,(H,20,21)/t3-,4+,5+,6-,7+,8+,9+,10+,12+/m1/s1. The molecule has 12 nitrogen and oxygen atoms in total. The fourth-order valence-electron chi connectivity index (χ4n) is 2.20. The number of rotatable bonds is 8. The van der Waals surface area contributed by atoms with E-state index in [1.54, 1.807) is 0 Å². The number of carbonyl (C=O) groups is 1. The Hall–Kier alpha value is -0.930. The van der Waals surface area contributed by atoms with E-state index >= 15 is 0 Å². The molecule has 1 fully saturated rings. The Labute approximate surface area is 135 Å². The molecule has 0 amide bonds. The summed E-state index contributed by atoms with van der Waals surface area (Å²) in [6.07, 6.45) is -17.1. The molecule has 12 heteroatoms. The fourth-order valence-corrected chi connectivity index (χ4v) is 2.20. The second-order valence-corrected chi connectivity index (χ2v) is 5.32. The Morgan fingerprint density at radius 3 is 2.08 bits per heavy atom. The molecule has 1 aliphatic heterocycles. The summed E-state index contributed by atoms with van der Waals surface area (Å²) in [4.78, 5) is 11.2. The van der Waals surface area contributed by atoms with Gasteiger partial charge in [0.15, 0.2) is 12.4 Å². The maximum atomic E-state index is 11.2. The van der Waals surface area contributed by atoms with Gasteiger partial charge in [-0.1, -0.05) is 0 Å². The molecular formula is C12H22O12. The number of aliphatic carboxylic acids is 1. The minimum Gasteiger partial charge on any atom is -0.479 e. The molecule has 0 spiro atoms. The van der Waals surface area contributed by atoms with Crippen LogP contribution in [0.5, 0.6) is 0 Å². The zero-order valence-corrected chi connectivity index (χ0v) is 12.4. The molecule has 9 atom stereocenters. The Morgan fingerprint density at radius 2 is 1.62 bits per heavy atom. The van der Waals surface area contributed by atoms with Gasteiger partial charge in [-0.25, -0.2) is 4.79 Å². The average Bonchev–Trinajstić information content (AvgIpc) is 2.56. The zero-order chi connectivity index (χ0) is 18.6. The number of hydrogen-bond donors (Lipinski definition) is 9. The minimum absolute atomic E-state index is 0.824. The first kappa shape index (κ1) is 21.1. The van der Waals surface area contributed by atoms with Crippen LogP contribution >= 0.6 is 0 Å². The monoisotopic (exact) mass is 358 g/mol. The quantitative estimate of drug-likeness (QED) is 0.198. The van der Waals surface area contributed by atoms with Crippen LogP contribution in [-0.4, -0.2) is 120 Å². The number of hydrogen-bond acceptors (Lipinski definition) is 11. The lowest BCUT2D eigenvalue weighted by Crippen LogP contribution is -2.62.